The van der Waals surface area contributed by atoms with Crippen molar-refractivity contribution in [3.63, 3.8) is 0 Å². The van der Waals surface area contributed by atoms with Crippen molar-refractivity contribution in [1.82, 2.24) is 0 Å². The highest BCUT2D eigenvalue weighted by Gasteiger charge is 2.07. The molecule has 2 rings (SSSR count). The number of amides is 1. The number of nitrogens with one attached hydrogen (secondary N) is 1. The van der Waals surface area contributed by atoms with Crippen LogP contribution in [0.15, 0.2) is 48.5 Å². The summed E-state index contributed by atoms with van der Waals surface area (Å²) in [7, 11) is 3.55. The number of ether oxygens (including phenoxy) is 1. The molecule has 0 aliphatic carbocycles. The highest BCUT2D eigenvalue weighted by Crippen LogP contribution is 2.17. The van der Waals surface area contributed by atoms with E-state index in [0.29, 0.717) is 18.7 Å². The van der Waals surface area contributed by atoms with Crippen LogP contribution in [0.25, 0.3) is 0 Å². The van der Waals surface area contributed by atoms with Crippen LogP contribution >= 0.6 is 0 Å². The van der Waals surface area contributed by atoms with Crippen molar-refractivity contribution in [2.75, 3.05) is 37.5 Å². The first-order chi connectivity index (χ1) is 11.1. The second-order valence-corrected chi connectivity index (χ2v) is 5.28. The molecule has 0 saturated heterocycles. The molecule has 5 heteroatoms. The fourth-order valence-corrected chi connectivity index (χ4v) is 2.20. The predicted octanol–water partition coefficient (Wildman–Crippen LogP) is 2.51. The van der Waals surface area contributed by atoms with Crippen molar-refractivity contribution in [2.24, 2.45) is 0 Å². The molecule has 0 aromatic heterocycles. The van der Waals surface area contributed by atoms with E-state index in [-0.39, 0.29) is 12.5 Å². The Morgan fingerprint density at radius 3 is 2.35 bits per heavy atom. The summed E-state index contributed by atoms with van der Waals surface area (Å²) in [5.41, 5.74) is 3.35. The molecular weight excluding hydrogens is 292 g/mol. The molecule has 0 fully saturated rings. The standard InChI is InChI=1S/C18H22N2O3/c1-20(11-12-21)17-9-7-16(8-10-17)19-18(22)15-5-3-14(4-6-15)13-23-2/h3-10,21H,11-13H2,1-2H3,(H,19,22). The average Bonchev–Trinajstić information content (AvgIpc) is 2.56. The van der Waals surface area contributed by atoms with Gasteiger partial charge in [-0.05, 0) is 42.0 Å². The fraction of sp³-hybridized carbons (Fsp3) is 0.278. The number of benzene rings is 2. The van der Waals surface area contributed by atoms with Gasteiger partial charge in [-0.15, -0.1) is 0 Å². The summed E-state index contributed by atoms with van der Waals surface area (Å²) in [4.78, 5) is 14.2. The summed E-state index contributed by atoms with van der Waals surface area (Å²) >= 11 is 0. The third-order valence-corrected chi connectivity index (χ3v) is 3.53. The number of aliphatic hydroxyl groups excluding tert-OH is 1. The van der Waals surface area contributed by atoms with Crippen LogP contribution in [0.2, 0.25) is 0 Å². The summed E-state index contributed by atoms with van der Waals surface area (Å²) in [5.74, 6) is -0.148. The topological polar surface area (TPSA) is 61.8 Å². The maximum atomic E-state index is 12.2. The van der Waals surface area contributed by atoms with Crippen LogP contribution in [0.3, 0.4) is 0 Å². The number of carbonyl (C=O) groups is 1. The van der Waals surface area contributed by atoms with Gasteiger partial charge < -0.3 is 20.1 Å². The van der Waals surface area contributed by atoms with Crippen molar-refractivity contribution < 1.29 is 14.6 Å². The molecule has 23 heavy (non-hydrogen) atoms. The summed E-state index contributed by atoms with van der Waals surface area (Å²) in [6.07, 6.45) is 0. The second kappa shape index (κ2) is 8.31. The minimum absolute atomic E-state index is 0.105. The lowest BCUT2D eigenvalue weighted by atomic mass is 10.1. The van der Waals surface area contributed by atoms with Gasteiger partial charge >= 0.3 is 0 Å². The van der Waals surface area contributed by atoms with Crippen LogP contribution in [-0.4, -0.2) is 38.3 Å². The maximum absolute atomic E-state index is 12.2. The minimum Gasteiger partial charge on any atom is -0.395 e. The maximum Gasteiger partial charge on any atom is 0.255 e. The Labute approximate surface area is 136 Å². The molecule has 0 aliphatic rings. The number of anilines is 2. The molecule has 2 N–H and O–H groups in total. The molecule has 122 valence electrons. The molecule has 0 bridgehead atoms. The fourth-order valence-electron chi connectivity index (χ4n) is 2.20. The van der Waals surface area contributed by atoms with Gasteiger partial charge in [0.1, 0.15) is 0 Å². The van der Waals surface area contributed by atoms with Gasteiger partial charge in [-0.2, -0.15) is 0 Å². The largest absolute Gasteiger partial charge is 0.395 e. The van der Waals surface area contributed by atoms with E-state index in [1.807, 2.05) is 48.3 Å². The molecule has 0 unspecified atom stereocenters. The SMILES string of the molecule is COCc1ccc(C(=O)Nc2ccc(N(C)CCO)cc2)cc1. The molecule has 0 atom stereocenters. The third-order valence-electron chi connectivity index (χ3n) is 3.53. The number of likely N-dealkylation sites (N-methyl/N-ethyl adjacent to an activating group) is 1. The van der Waals surface area contributed by atoms with Crippen LogP contribution in [0.1, 0.15) is 15.9 Å². The number of rotatable bonds is 7. The molecule has 0 radical (unpaired) electrons. The van der Waals surface area contributed by atoms with Gasteiger partial charge in [0.25, 0.3) is 5.91 Å². The lowest BCUT2D eigenvalue weighted by Crippen LogP contribution is -2.21. The Morgan fingerprint density at radius 2 is 1.78 bits per heavy atom. The van der Waals surface area contributed by atoms with Crippen molar-refractivity contribution in [3.05, 3.63) is 59.7 Å². The number of nitrogens with zero attached hydrogens (tertiary/aromatic N) is 1. The summed E-state index contributed by atoms with van der Waals surface area (Å²) in [6, 6.07) is 14.8. The zero-order valence-electron chi connectivity index (χ0n) is 13.5. The Kier molecular flexibility index (Phi) is 6.14. The van der Waals surface area contributed by atoms with E-state index in [4.69, 9.17) is 9.84 Å². The first kappa shape index (κ1) is 17.0. The molecule has 0 aliphatic heterocycles. The summed E-state index contributed by atoms with van der Waals surface area (Å²) in [6.45, 7) is 1.21. The highest BCUT2D eigenvalue weighted by molar-refractivity contribution is 6.04. The number of aliphatic hydroxyl groups is 1. The van der Waals surface area contributed by atoms with Gasteiger partial charge in [-0.25, -0.2) is 0 Å². The Balaban J connectivity index is 1.99. The minimum atomic E-state index is -0.148. The van der Waals surface area contributed by atoms with Gasteiger partial charge in [0, 0.05) is 37.6 Å². The van der Waals surface area contributed by atoms with Gasteiger partial charge in [-0.3, -0.25) is 4.79 Å². The van der Waals surface area contributed by atoms with Crippen molar-refractivity contribution in [1.29, 1.82) is 0 Å². The number of hydrogen-bond acceptors (Lipinski definition) is 4. The van der Waals surface area contributed by atoms with E-state index in [1.165, 1.54) is 0 Å². The number of hydrogen-bond donors (Lipinski definition) is 2. The molecular formula is C18H22N2O3. The molecule has 5 nitrogen and oxygen atoms in total. The van der Waals surface area contributed by atoms with Crippen molar-refractivity contribution in [2.45, 2.75) is 6.61 Å². The van der Waals surface area contributed by atoms with E-state index >= 15 is 0 Å². The van der Waals surface area contributed by atoms with Crippen LogP contribution in [-0.2, 0) is 11.3 Å². The van der Waals surface area contributed by atoms with Gasteiger partial charge in [0.2, 0.25) is 0 Å². The van der Waals surface area contributed by atoms with Gasteiger partial charge in [-0.1, -0.05) is 12.1 Å². The third kappa shape index (κ3) is 4.81. The van der Waals surface area contributed by atoms with E-state index in [2.05, 4.69) is 5.32 Å². The van der Waals surface area contributed by atoms with E-state index in [9.17, 15) is 4.79 Å². The van der Waals surface area contributed by atoms with Crippen molar-refractivity contribution in [3.8, 4) is 0 Å². The van der Waals surface area contributed by atoms with Gasteiger partial charge in [0.05, 0.1) is 13.2 Å². The Morgan fingerprint density at radius 1 is 1.13 bits per heavy atom. The molecule has 0 saturated carbocycles. The second-order valence-electron chi connectivity index (χ2n) is 5.28. The van der Waals surface area contributed by atoms with Crippen LogP contribution in [0, 0.1) is 0 Å². The normalized spacial score (nSPS) is 10.4. The predicted molar refractivity (Wildman–Crippen MR) is 91.9 cm³/mol. The van der Waals surface area contributed by atoms with E-state index < -0.39 is 0 Å². The van der Waals surface area contributed by atoms with E-state index in [0.717, 1.165) is 16.9 Å². The highest BCUT2D eigenvalue weighted by atomic mass is 16.5. The first-order valence-electron chi connectivity index (χ1n) is 7.45. The summed E-state index contributed by atoms with van der Waals surface area (Å²) in [5, 5.41) is 11.8. The monoisotopic (exact) mass is 314 g/mol. The van der Waals surface area contributed by atoms with E-state index in [1.54, 1.807) is 19.2 Å². The Hall–Kier alpha value is -2.37. The zero-order valence-corrected chi connectivity index (χ0v) is 13.5. The lowest BCUT2D eigenvalue weighted by Gasteiger charge is -2.18. The van der Waals surface area contributed by atoms with Crippen LogP contribution in [0.4, 0.5) is 11.4 Å². The molecule has 1 amide bonds. The Bertz CT molecular complexity index is 624. The smallest absolute Gasteiger partial charge is 0.255 e. The first-order valence-corrected chi connectivity index (χ1v) is 7.45. The number of carbonyl (C=O) groups excluding carboxylic acids is 1. The van der Waals surface area contributed by atoms with Crippen LogP contribution < -0.4 is 10.2 Å². The zero-order chi connectivity index (χ0) is 16.7. The molecule has 2 aromatic rings. The quantitative estimate of drug-likeness (QED) is 0.824. The van der Waals surface area contributed by atoms with Gasteiger partial charge in [0.15, 0.2) is 0 Å². The van der Waals surface area contributed by atoms with Crippen molar-refractivity contribution >= 4 is 17.3 Å². The number of methoxy groups -OCH3 is 1. The molecule has 0 spiro atoms. The molecule has 2 aromatic carbocycles. The lowest BCUT2D eigenvalue weighted by molar-refractivity contribution is 0.102. The molecule has 0 heterocycles. The average molecular weight is 314 g/mol. The summed E-state index contributed by atoms with van der Waals surface area (Å²) < 4.78 is 5.05. The van der Waals surface area contributed by atoms with Crippen LogP contribution in [0.5, 0.6) is 0 Å².